The molecule has 1 aromatic heterocycles. The molecule has 2 amide bonds. The van der Waals surface area contributed by atoms with Crippen molar-refractivity contribution in [2.24, 2.45) is 29.6 Å². The highest BCUT2D eigenvalue weighted by molar-refractivity contribution is 8.00. The minimum Gasteiger partial charge on any atom is -0.502 e. The lowest BCUT2D eigenvalue weighted by Crippen LogP contribution is -2.44. The SMILES string of the molecule is COc1cc([C@@H]2c3sc(=O)[nH]c3S[C@@H]3[C@H]4C[C@@H]([C@H]5C(=O)N([C@H](C)C(=O)O)C(=O)[C@@H]45)[C@@H]23)cc(OC)c1O. The van der Waals surface area contributed by atoms with E-state index in [2.05, 4.69) is 4.98 Å². The van der Waals surface area contributed by atoms with Gasteiger partial charge in [0.15, 0.2) is 11.5 Å². The first-order chi connectivity index (χ1) is 17.2. The Morgan fingerprint density at radius 1 is 1.11 bits per heavy atom. The van der Waals surface area contributed by atoms with E-state index in [9.17, 15) is 29.4 Å². The number of amides is 2. The van der Waals surface area contributed by atoms with Crippen LogP contribution in [0.1, 0.15) is 29.7 Å². The number of rotatable bonds is 5. The molecule has 2 aliphatic heterocycles. The van der Waals surface area contributed by atoms with Crippen LogP contribution in [0.15, 0.2) is 22.0 Å². The van der Waals surface area contributed by atoms with E-state index >= 15 is 0 Å². The van der Waals surface area contributed by atoms with E-state index in [1.807, 2.05) is 0 Å². The van der Waals surface area contributed by atoms with Crippen LogP contribution in [-0.4, -0.2) is 63.4 Å². The summed E-state index contributed by atoms with van der Waals surface area (Å²) >= 11 is 2.67. The topological polar surface area (TPSA) is 146 Å². The van der Waals surface area contributed by atoms with Gasteiger partial charge in [-0.1, -0.05) is 11.3 Å². The second-order valence-electron chi connectivity index (χ2n) is 9.80. The zero-order chi connectivity index (χ0) is 25.6. The van der Waals surface area contributed by atoms with Crippen LogP contribution >= 0.6 is 23.1 Å². The summed E-state index contributed by atoms with van der Waals surface area (Å²) in [5.41, 5.74) is 0.782. The molecule has 2 aromatic rings. The van der Waals surface area contributed by atoms with Crippen molar-refractivity contribution in [3.05, 3.63) is 32.2 Å². The molecule has 0 spiro atoms. The first-order valence-corrected chi connectivity index (χ1v) is 13.3. The molecule has 4 aliphatic rings. The molecule has 10 nitrogen and oxygen atoms in total. The quantitative estimate of drug-likeness (QED) is 0.493. The Balaban J connectivity index is 1.48. The normalized spacial score (nSPS) is 32.8. The molecule has 36 heavy (non-hydrogen) atoms. The van der Waals surface area contributed by atoms with E-state index in [-0.39, 0.29) is 51.0 Å². The van der Waals surface area contributed by atoms with Gasteiger partial charge in [-0.2, -0.15) is 0 Å². The fraction of sp³-hybridized carbons (Fsp3) is 0.500. The minimum absolute atomic E-state index is 0.0402. The molecule has 3 N–H and O–H groups in total. The number of H-pyrrole nitrogens is 1. The van der Waals surface area contributed by atoms with Gasteiger partial charge in [0.25, 0.3) is 0 Å². The number of thiazole rings is 1. The number of imide groups is 1. The summed E-state index contributed by atoms with van der Waals surface area (Å²) in [5.74, 6) is -3.44. The van der Waals surface area contributed by atoms with Gasteiger partial charge in [0, 0.05) is 16.0 Å². The Morgan fingerprint density at radius 3 is 2.31 bits per heavy atom. The monoisotopic (exact) mass is 532 g/mol. The molecule has 1 saturated heterocycles. The zero-order valence-electron chi connectivity index (χ0n) is 19.6. The van der Waals surface area contributed by atoms with Gasteiger partial charge in [0.2, 0.25) is 17.6 Å². The second kappa shape index (κ2) is 8.01. The predicted molar refractivity (Wildman–Crippen MR) is 129 cm³/mol. The van der Waals surface area contributed by atoms with Gasteiger partial charge in [0.1, 0.15) is 6.04 Å². The summed E-state index contributed by atoms with van der Waals surface area (Å²) in [5, 5.41) is 20.7. The van der Waals surface area contributed by atoms with Crippen LogP contribution in [0.25, 0.3) is 0 Å². The fourth-order valence-corrected chi connectivity index (χ4v) is 9.89. The molecule has 6 rings (SSSR count). The number of aromatic hydroxyl groups is 1. The first kappa shape index (κ1) is 23.4. The fourth-order valence-electron chi connectivity index (χ4n) is 7.00. The number of benzene rings is 1. The molecule has 12 heteroatoms. The lowest BCUT2D eigenvalue weighted by Gasteiger charge is -2.43. The third kappa shape index (κ3) is 2.97. The number of ether oxygens (including phenoxy) is 2. The summed E-state index contributed by atoms with van der Waals surface area (Å²) in [6, 6.07) is 2.24. The van der Waals surface area contributed by atoms with Gasteiger partial charge in [0.05, 0.1) is 31.1 Å². The van der Waals surface area contributed by atoms with E-state index in [0.29, 0.717) is 6.42 Å². The van der Waals surface area contributed by atoms with Crippen molar-refractivity contribution < 1.29 is 34.1 Å². The molecule has 1 aromatic carbocycles. The van der Waals surface area contributed by atoms with Crippen LogP contribution in [0, 0.1) is 29.6 Å². The zero-order valence-corrected chi connectivity index (χ0v) is 21.2. The van der Waals surface area contributed by atoms with Gasteiger partial charge in [-0.15, -0.1) is 11.8 Å². The number of carboxylic acid groups (broad SMARTS) is 1. The number of carboxylic acids is 1. The van der Waals surface area contributed by atoms with Gasteiger partial charge in [-0.25, -0.2) is 4.79 Å². The third-order valence-electron chi connectivity index (χ3n) is 8.36. The maximum atomic E-state index is 13.5. The highest BCUT2D eigenvalue weighted by atomic mass is 32.2. The molecule has 190 valence electrons. The van der Waals surface area contributed by atoms with Crippen molar-refractivity contribution in [2.45, 2.75) is 35.6 Å². The summed E-state index contributed by atoms with van der Waals surface area (Å²) in [4.78, 5) is 55.4. The Labute approximate surface area is 213 Å². The number of thioether (sulfide) groups is 1. The average Bonchev–Trinajstić information content (AvgIpc) is 3.57. The molecule has 0 radical (unpaired) electrons. The lowest BCUT2D eigenvalue weighted by molar-refractivity contribution is -0.154. The van der Waals surface area contributed by atoms with Crippen LogP contribution in [-0.2, 0) is 14.4 Å². The number of nitrogens with zero attached hydrogens (tertiary/aromatic N) is 1. The molecule has 3 heterocycles. The Kier molecular flexibility index (Phi) is 5.21. The summed E-state index contributed by atoms with van der Waals surface area (Å²) in [6.45, 7) is 1.36. The molecular formula is C24H24N2O8S2. The highest BCUT2D eigenvalue weighted by Crippen LogP contribution is 2.69. The van der Waals surface area contributed by atoms with Gasteiger partial charge in [-0.05, 0) is 48.8 Å². The number of phenols is 1. The number of methoxy groups -OCH3 is 2. The maximum absolute atomic E-state index is 13.5. The van der Waals surface area contributed by atoms with E-state index in [0.717, 1.165) is 31.7 Å². The van der Waals surface area contributed by atoms with Crippen LogP contribution in [0.4, 0.5) is 0 Å². The van der Waals surface area contributed by atoms with Crippen LogP contribution in [0.3, 0.4) is 0 Å². The number of fused-ring (bicyclic) bond motifs is 9. The van der Waals surface area contributed by atoms with Crippen LogP contribution < -0.4 is 14.3 Å². The molecular weight excluding hydrogens is 508 g/mol. The molecule has 2 saturated carbocycles. The average molecular weight is 533 g/mol. The standard InChI is InChI=1S/C24H24N2O8S2/c1-7(23(30)31)26-21(28)15-9-6-10(16(15)22(26)29)18-14(9)13(19-20(35-18)25-24(32)36-19)8-4-11(33-2)17(27)12(5-8)34-3/h4-5,7,9-10,13-16,18,27H,6H2,1-3H3,(H,25,32)(H,30,31)/t7-,9-,10+,13+,14+,15-,16+,18-/m1/s1. The maximum Gasteiger partial charge on any atom is 0.326 e. The van der Waals surface area contributed by atoms with Crippen LogP contribution in [0.2, 0.25) is 0 Å². The van der Waals surface area contributed by atoms with Crippen molar-refractivity contribution in [1.29, 1.82) is 0 Å². The number of aromatic nitrogens is 1. The van der Waals surface area contributed by atoms with E-state index in [1.165, 1.54) is 21.1 Å². The number of likely N-dealkylation sites (tertiary alicyclic amines) is 1. The highest BCUT2D eigenvalue weighted by Gasteiger charge is 2.70. The van der Waals surface area contributed by atoms with E-state index in [4.69, 9.17) is 9.47 Å². The number of carbonyl (C=O) groups excluding carboxylic acids is 2. The van der Waals surface area contributed by atoms with Gasteiger partial charge >= 0.3 is 10.8 Å². The predicted octanol–water partition coefficient (Wildman–Crippen LogP) is 2.11. The van der Waals surface area contributed by atoms with E-state index < -0.39 is 35.7 Å². The number of nitrogens with one attached hydrogen (secondary N) is 1. The van der Waals surface area contributed by atoms with Crippen molar-refractivity contribution in [2.75, 3.05) is 14.2 Å². The molecule has 0 unspecified atom stereocenters. The summed E-state index contributed by atoms with van der Waals surface area (Å²) < 4.78 is 10.8. The number of phenolic OH excluding ortho intramolecular Hbond substituents is 1. The van der Waals surface area contributed by atoms with Crippen molar-refractivity contribution >= 4 is 40.9 Å². The van der Waals surface area contributed by atoms with E-state index in [1.54, 1.807) is 23.9 Å². The Morgan fingerprint density at radius 2 is 1.72 bits per heavy atom. The first-order valence-electron chi connectivity index (χ1n) is 11.6. The number of aromatic amines is 1. The molecule has 2 bridgehead atoms. The third-order valence-corrected chi connectivity index (χ3v) is 11.0. The van der Waals surface area contributed by atoms with Crippen molar-refractivity contribution in [3.63, 3.8) is 0 Å². The molecule has 2 aliphatic carbocycles. The lowest BCUT2D eigenvalue weighted by atomic mass is 9.68. The summed E-state index contributed by atoms with van der Waals surface area (Å²) in [7, 11) is 2.89. The number of hydrogen-bond donors (Lipinski definition) is 3. The Bertz CT molecular complexity index is 1340. The van der Waals surface area contributed by atoms with Crippen molar-refractivity contribution in [1.82, 2.24) is 9.88 Å². The molecule has 3 fully saturated rings. The van der Waals surface area contributed by atoms with Gasteiger partial charge in [-0.3, -0.25) is 19.3 Å². The van der Waals surface area contributed by atoms with Crippen molar-refractivity contribution in [3.8, 4) is 17.2 Å². The second-order valence-corrected chi connectivity index (χ2v) is 12.0. The Hall–Kier alpha value is -2.99. The number of hydrogen-bond acceptors (Lipinski definition) is 9. The van der Waals surface area contributed by atoms with Crippen LogP contribution in [0.5, 0.6) is 17.2 Å². The summed E-state index contributed by atoms with van der Waals surface area (Å²) in [6.07, 6.45) is 0.687. The number of carbonyl (C=O) groups is 3. The van der Waals surface area contributed by atoms with Gasteiger partial charge < -0.3 is 24.7 Å². The largest absolute Gasteiger partial charge is 0.502 e. The minimum atomic E-state index is -1.22. The number of aliphatic carboxylic acids is 1. The smallest absolute Gasteiger partial charge is 0.326 e. The molecule has 8 atom stereocenters.